The van der Waals surface area contributed by atoms with E-state index >= 15 is 0 Å². The Bertz CT molecular complexity index is 1130. The number of aryl methyl sites for hydroxylation is 1. The number of hydrogen-bond acceptors (Lipinski definition) is 6. The van der Waals surface area contributed by atoms with Gasteiger partial charge < -0.3 is 14.5 Å². The lowest BCUT2D eigenvalue weighted by molar-refractivity contribution is -0.134. The number of aromatic nitrogens is 2. The Morgan fingerprint density at radius 3 is 2.45 bits per heavy atom. The number of benzene rings is 1. The van der Waals surface area contributed by atoms with Gasteiger partial charge in [-0.3, -0.25) is 9.78 Å². The molecule has 0 aliphatic carbocycles. The van der Waals surface area contributed by atoms with Crippen LogP contribution >= 0.6 is 0 Å². The summed E-state index contributed by atoms with van der Waals surface area (Å²) >= 11 is 0. The van der Waals surface area contributed by atoms with Crippen molar-refractivity contribution in [3.63, 3.8) is 0 Å². The number of anilines is 1. The zero-order valence-electron chi connectivity index (χ0n) is 19.3. The van der Waals surface area contributed by atoms with Gasteiger partial charge >= 0.3 is 5.97 Å². The van der Waals surface area contributed by atoms with Gasteiger partial charge in [-0.25, -0.2) is 9.78 Å². The number of hydrogen-bond donors (Lipinski definition) is 0. The zero-order chi connectivity index (χ0) is 23.2. The summed E-state index contributed by atoms with van der Waals surface area (Å²) < 4.78 is 5.55. The van der Waals surface area contributed by atoms with Crippen LogP contribution in [0.15, 0.2) is 48.7 Å². The van der Waals surface area contributed by atoms with E-state index in [2.05, 4.69) is 16.8 Å². The third-order valence-electron chi connectivity index (χ3n) is 6.06. The molecule has 0 saturated carbocycles. The predicted molar refractivity (Wildman–Crippen MR) is 128 cm³/mol. The molecule has 1 aliphatic heterocycles. The minimum absolute atomic E-state index is 0.172. The highest BCUT2D eigenvalue weighted by Gasteiger charge is 2.25. The molecule has 0 unspecified atom stereocenters. The Morgan fingerprint density at radius 2 is 1.76 bits per heavy atom. The lowest BCUT2D eigenvalue weighted by atomic mass is 9.96. The van der Waals surface area contributed by atoms with Crippen LogP contribution < -0.4 is 4.90 Å². The Labute approximate surface area is 194 Å². The van der Waals surface area contributed by atoms with Gasteiger partial charge in [0.1, 0.15) is 5.82 Å². The van der Waals surface area contributed by atoms with Gasteiger partial charge in [0.25, 0.3) is 5.91 Å². The molecule has 1 aromatic carbocycles. The fourth-order valence-corrected chi connectivity index (χ4v) is 4.38. The summed E-state index contributed by atoms with van der Waals surface area (Å²) in [6.07, 6.45) is 4.19. The summed E-state index contributed by atoms with van der Waals surface area (Å²) in [6.45, 7) is 6.41. The predicted octanol–water partition coefficient (Wildman–Crippen LogP) is 3.65. The largest absolute Gasteiger partial charge is 0.452 e. The molecule has 0 N–H and O–H groups in total. The van der Waals surface area contributed by atoms with E-state index in [1.165, 1.54) is 0 Å². The van der Waals surface area contributed by atoms with Gasteiger partial charge in [0.05, 0.1) is 11.1 Å². The molecule has 1 aliphatic rings. The van der Waals surface area contributed by atoms with Gasteiger partial charge in [-0.15, -0.1) is 0 Å². The molecular weight excluding hydrogens is 416 g/mol. The smallest absolute Gasteiger partial charge is 0.339 e. The summed E-state index contributed by atoms with van der Waals surface area (Å²) in [5.74, 6) is 0.285. The van der Waals surface area contributed by atoms with Crippen molar-refractivity contribution < 1.29 is 14.3 Å². The maximum Gasteiger partial charge on any atom is 0.339 e. The van der Waals surface area contributed by atoms with Gasteiger partial charge in [-0.05, 0) is 36.6 Å². The molecule has 0 spiro atoms. The average molecular weight is 447 g/mol. The third kappa shape index (κ3) is 4.97. The van der Waals surface area contributed by atoms with Crippen molar-refractivity contribution in [2.24, 2.45) is 0 Å². The molecule has 7 nitrogen and oxygen atoms in total. The Morgan fingerprint density at radius 1 is 1.00 bits per heavy atom. The normalized spacial score (nSPS) is 13.9. The molecule has 1 fully saturated rings. The number of fused-ring (bicyclic) bond motifs is 1. The molecule has 33 heavy (non-hydrogen) atoms. The number of nitrogens with zero attached hydrogens (tertiary/aromatic N) is 4. The molecule has 4 rings (SSSR count). The van der Waals surface area contributed by atoms with Crippen LogP contribution in [0.2, 0.25) is 0 Å². The van der Waals surface area contributed by atoms with Crippen molar-refractivity contribution in [1.82, 2.24) is 14.9 Å². The Balaban J connectivity index is 1.44. The van der Waals surface area contributed by atoms with Crippen LogP contribution in [0.25, 0.3) is 10.9 Å². The molecule has 3 aromatic rings. The molecular formula is C26H30N4O3. The van der Waals surface area contributed by atoms with Crippen LogP contribution in [-0.4, -0.2) is 59.5 Å². The molecule has 1 saturated heterocycles. The van der Waals surface area contributed by atoms with Gasteiger partial charge in [0.15, 0.2) is 6.61 Å². The van der Waals surface area contributed by atoms with Crippen molar-refractivity contribution in [2.45, 2.75) is 33.1 Å². The molecule has 0 atom stereocenters. The number of esters is 1. The number of carbonyl (C=O) groups is 2. The highest BCUT2D eigenvalue weighted by Crippen LogP contribution is 2.26. The second kappa shape index (κ2) is 10.4. The van der Waals surface area contributed by atoms with E-state index in [1.54, 1.807) is 11.1 Å². The fraction of sp³-hybridized carbons (Fsp3) is 0.385. The average Bonchev–Trinajstić information content (AvgIpc) is 2.87. The van der Waals surface area contributed by atoms with E-state index in [9.17, 15) is 9.59 Å². The fourth-order valence-electron chi connectivity index (χ4n) is 4.38. The number of piperazine rings is 1. The minimum Gasteiger partial charge on any atom is -0.452 e. The number of rotatable bonds is 7. The van der Waals surface area contributed by atoms with Crippen molar-refractivity contribution in [3.05, 3.63) is 65.5 Å². The van der Waals surface area contributed by atoms with Crippen molar-refractivity contribution in [2.75, 3.05) is 37.7 Å². The monoisotopic (exact) mass is 446 g/mol. The molecule has 0 radical (unpaired) electrons. The van der Waals surface area contributed by atoms with Crippen molar-refractivity contribution in [3.8, 4) is 0 Å². The summed E-state index contributed by atoms with van der Waals surface area (Å²) in [5.41, 5.74) is 3.17. The van der Waals surface area contributed by atoms with Gasteiger partial charge in [-0.1, -0.05) is 44.5 Å². The first-order valence-corrected chi connectivity index (χ1v) is 11.6. The minimum atomic E-state index is -0.455. The Hall–Kier alpha value is -3.48. The molecule has 7 heteroatoms. The molecule has 2 aromatic heterocycles. The number of para-hydroxylation sites is 1. The Kier molecular flexibility index (Phi) is 7.17. The van der Waals surface area contributed by atoms with E-state index in [0.29, 0.717) is 38.2 Å². The second-order valence-corrected chi connectivity index (χ2v) is 8.16. The lowest BCUT2D eigenvalue weighted by Crippen LogP contribution is -2.50. The van der Waals surface area contributed by atoms with Crippen LogP contribution in [0, 0.1) is 0 Å². The van der Waals surface area contributed by atoms with E-state index in [-0.39, 0.29) is 12.5 Å². The first kappa shape index (κ1) is 22.7. The summed E-state index contributed by atoms with van der Waals surface area (Å²) in [4.78, 5) is 39.0. The van der Waals surface area contributed by atoms with Crippen LogP contribution in [0.4, 0.5) is 5.82 Å². The molecule has 1 amide bonds. The highest BCUT2D eigenvalue weighted by atomic mass is 16.5. The topological polar surface area (TPSA) is 75.6 Å². The van der Waals surface area contributed by atoms with Crippen molar-refractivity contribution in [1.29, 1.82) is 0 Å². The molecule has 0 bridgehead atoms. The second-order valence-electron chi connectivity index (χ2n) is 8.16. The van der Waals surface area contributed by atoms with E-state index in [1.807, 2.05) is 49.4 Å². The van der Waals surface area contributed by atoms with Crippen LogP contribution in [0.5, 0.6) is 0 Å². The van der Waals surface area contributed by atoms with E-state index in [0.717, 1.165) is 40.8 Å². The molecule has 3 heterocycles. The first-order chi connectivity index (χ1) is 16.1. The summed E-state index contributed by atoms with van der Waals surface area (Å²) in [7, 11) is 0. The maximum absolute atomic E-state index is 13.2. The number of amides is 1. The quantitative estimate of drug-likeness (QED) is 0.516. The third-order valence-corrected chi connectivity index (χ3v) is 6.06. The van der Waals surface area contributed by atoms with Crippen LogP contribution in [0.3, 0.4) is 0 Å². The van der Waals surface area contributed by atoms with Gasteiger partial charge in [0.2, 0.25) is 0 Å². The van der Waals surface area contributed by atoms with Gasteiger partial charge in [0, 0.05) is 43.5 Å². The molecule has 172 valence electrons. The van der Waals surface area contributed by atoms with E-state index < -0.39 is 5.97 Å². The summed E-state index contributed by atoms with van der Waals surface area (Å²) in [6, 6.07) is 13.4. The zero-order valence-corrected chi connectivity index (χ0v) is 19.3. The highest BCUT2D eigenvalue weighted by molar-refractivity contribution is 6.05. The number of ether oxygens (including phenoxy) is 1. The standard InChI is InChI=1S/C26H30N4O3/c1-3-9-21-19(4-2)25(20-10-5-6-11-22(20)28-21)26(32)33-18-24(31)30-16-14-29(15-17-30)23-12-7-8-13-27-23/h5-8,10-13H,3-4,9,14-18H2,1-2H3. The SMILES string of the molecule is CCCc1nc2ccccc2c(C(=O)OCC(=O)N2CCN(c3ccccn3)CC2)c1CC. The number of carbonyl (C=O) groups excluding carboxylic acids is 2. The number of pyridine rings is 2. The maximum atomic E-state index is 13.2. The summed E-state index contributed by atoms with van der Waals surface area (Å²) in [5, 5.41) is 0.774. The van der Waals surface area contributed by atoms with Gasteiger partial charge in [-0.2, -0.15) is 0 Å². The lowest BCUT2D eigenvalue weighted by Gasteiger charge is -2.35. The van der Waals surface area contributed by atoms with Crippen molar-refractivity contribution >= 4 is 28.6 Å². The first-order valence-electron chi connectivity index (χ1n) is 11.6. The van der Waals surface area contributed by atoms with Crippen LogP contribution in [-0.2, 0) is 22.4 Å². The van der Waals surface area contributed by atoms with E-state index in [4.69, 9.17) is 9.72 Å². The van der Waals surface area contributed by atoms with Crippen LogP contribution in [0.1, 0.15) is 41.9 Å².